The van der Waals surface area contributed by atoms with Crippen LogP contribution in [0.25, 0.3) is 0 Å². The van der Waals surface area contributed by atoms with E-state index in [1.807, 2.05) is 11.8 Å². The first kappa shape index (κ1) is 10.1. The number of thioether (sulfide) groups is 1. The van der Waals surface area contributed by atoms with Crippen molar-refractivity contribution in [1.29, 1.82) is 0 Å². The summed E-state index contributed by atoms with van der Waals surface area (Å²) in [5, 5.41) is 0.770. The van der Waals surface area contributed by atoms with E-state index in [1.165, 1.54) is 18.6 Å². The molecule has 0 aromatic rings. The zero-order valence-corrected chi connectivity index (χ0v) is 8.08. The van der Waals surface area contributed by atoms with Crippen molar-refractivity contribution in [3.8, 4) is 0 Å². The van der Waals surface area contributed by atoms with Crippen molar-refractivity contribution in [2.45, 2.75) is 38.9 Å². The van der Waals surface area contributed by atoms with E-state index >= 15 is 0 Å². The SMILES string of the molecule is CCC/C=C\CSC(C)C. The number of unbranched alkanes of at least 4 members (excludes halogenated alkanes) is 1. The highest BCUT2D eigenvalue weighted by atomic mass is 32.2. The Hall–Kier alpha value is 0.0900. The second-order valence-corrected chi connectivity index (χ2v) is 4.25. The molecule has 0 fully saturated rings. The highest BCUT2D eigenvalue weighted by Gasteiger charge is 1.88. The third-order valence-corrected chi connectivity index (χ3v) is 2.20. The minimum absolute atomic E-state index is 0.770. The van der Waals surface area contributed by atoms with Gasteiger partial charge >= 0.3 is 0 Å². The third kappa shape index (κ3) is 8.09. The minimum Gasteiger partial charge on any atom is -0.155 e. The molecular formula is C9H18S. The molecule has 0 N–H and O–H groups in total. The van der Waals surface area contributed by atoms with Crippen LogP contribution in [0.1, 0.15) is 33.6 Å². The molecule has 0 heterocycles. The van der Waals surface area contributed by atoms with E-state index in [0.29, 0.717) is 0 Å². The molecule has 0 saturated heterocycles. The standard InChI is InChI=1S/C9H18S/c1-4-5-6-7-8-10-9(2)3/h6-7,9H,4-5,8H2,1-3H3/b7-6-. The Morgan fingerprint density at radius 2 is 2.00 bits per heavy atom. The predicted molar refractivity (Wildman–Crippen MR) is 51.6 cm³/mol. The highest BCUT2D eigenvalue weighted by molar-refractivity contribution is 7.99. The van der Waals surface area contributed by atoms with Gasteiger partial charge in [0, 0.05) is 5.75 Å². The molecule has 0 bridgehead atoms. The second kappa shape index (κ2) is 7.20. The first-order valence-electron chi connectivity index (χ1n) is 4.04. The lowest BCUT2D eigenvalue weighted by Crippen LogP contribution is -1.86. The summed E-state index contributed by atoms with van der Waals surface area (Å²) in [5.41, 5.74) is 0. The molecule has 0 rings (SSSR count). The molecule has 0 atom stereocenters. The third-order valence-electron chi connectivity index (χ3n) is 1.15. The number of rotatable bonds is 5. The fourth-order valence-corrected chi connectivity index (χ4v) is 1.23. The number of allylic oxidation sites excluding steroid dienone is 1. The lowest BCUT2D eigenvalue weighted by molar-refractivity contribution is 0.957. The summed E-state index contributed by atoms with van der Waals surface area (Å²) in [7, 11) is 0. The quantitative estimate of drug-likeness (QED) is 0.552. The monoisotopic (exact) mass is 158 g/mol. The van der Waals surface area contributed by atoms with Gasteiger partial charge in [-0.1, -0.05) is 39.3 Å². The Bertz CT molecular complexity index is 84.7. The van der Waals surface area contributed by atoms with E-state index in [9.17, 15) is 0 Å². The van der Waals surface area contributed by atoms with Gasteiger partial charge in [-0.25, -0.2) is 0 Å². The molecule has 0 radical (unpaired) electrons. The van der Waals surface area contributed by atoms with Crippen LogP contribution >= 0.6 is 11.8 Å². The van der Waals surface area contributed by atoms with Crippen LogP contribution in [0.4, 0.5) is 0 Å². The Morgan fingerprint density at radius 3 is 2.50 bits per heavy atom. The summed E-state index contributed by atoms with van der Waals surface area (Å²) in [6.07, 6.45) is 7.05. The molecule has 0 aromatic heterocycles. The Morgan fingerprint density at radius 1 is 1.30 bits per heavy atom. The molecular weight excluding hydrogens is 140 g/mol. The molecule has 0 nitrogen and oxygen atoms in total. The van der Waals surface area contributed by atoms with Crippen molar-refractivity contribution in [3.63, 3.8) is 0 Å². The van der Waals surface area contributed by atoms with Crippen molar-refractivity contribution in [2.24, 2.45) is 0 Å². The van der Waals surface area contributed by atoms with Crippen molar-refractivity contribution in [2.75, 3.05) is 5.75 Å². The van der Waals surface area contributed by atoms with Gasteiger partial charge in [0.05, 0.1) is 0 Å². The number of hydrogen-bond acceptors (Lipinski definition) is 1. The maximum Gasteiger partial charge on any atom is 0.0115 e. The fraction of sp³-hybridized carbons (Fsp3) is 0.778. The predicted octanol–water partition coefficient (Wildman–Crippen LogP) is 3.48. The van der Waals surface area contributed by atoms with E-state index in [4.69, 9.17) is 0 Å². The molecule has 0 aliphatic heterocycles. The van der Waals surface area contributed by atoms with Gasteiger partial charge in [0.15, 0.2) is 0 Å². The first-order chi connectivity index (χ1) is 4.77. The highest BCUT2D eigenvalue weighted by Crippen LogP contribution is 2.08. The zero-order valence-electron chi connectivity index (χ0n) is 7.26. The van der Waals surface area contributed by atoms with Crippen molar-refractivity contribution in [3.05, 3.63) is 12.2 Å². The zero-order chi connectivity index (χ0) is 7.82. The van der Waals surface area contributed by atoms with Crippen LogP contribution in [0.15, 0.2) is 12.2 Å². The van der Waals surface area contributed by atoms with Crippen molar-refractivity contribution in [1.82, 2.24) is 0 Å². The lowest BCUT2D eigenvalue weighted by Gasteiger charge is -1.98. The Labute approximate surface area is 69.1 Å². The van der Waals surface area contributed by atoms with Gasteiger partial charge in [0.2, 0.25) is 0 Å². The van der Waals surface area contributed by atoms with Gasteiger partial charge in [-0.05, 0) is 11.7 Å². The molecule has 0 saturated carbocycles. The maximum absolute atomic E-state index is 2.27. The van der Waals surface area contributed by atoms with Crippen LogP contribution in [0.3, 0.4) is 0 Å². The molecule has 10 heavy (non-hydrogen) atoms. The van der Waals surface area contributed by atoms with Crippen LogP contribution < -0.4 is 0 Å². The summed E-state index contributed by atoms with van der Waals surface area (Å²) in [5.74, 6) is 1.18. The van der Waals surface area contributed by atoms with Gasteiger partial charge in [0.25, 0.3) is 0 Å². The van der Waals surface area contributed by atoms with E-state index in [-0.39, 0.29) is 0 Å². The largest absolute Gasteiger partial charge is 0.155 e. The molecule has 60 valence electrons. The van der Waals surface area contributed by atoms with Crippen LogP contribution in [-0.4, -0.2) is 11.0 Å². The smallest absolute Gasteiger partial charge is 0.0115 e. The molecule has 0 spiro atoms. The topological polar surface area (TPSA) is 0 Å². The summed E-state index contributed by atoms with van der Waals surface area (Å²) in [6.45, 7) is 6.68. The van der Waals surface area contributed by atoms with Crippen LogP contribution in [0.5, 0.6) is 0 Å². The van der Waals surface area contributed by atoms with Crippen LogP contribution in [0, 0.1) is 0 Å². The normalized spacial score (nSPS) is 11.6. The molecule has 0 aliphatic carbocycles. The molecule has 0 aromatic carbocycles. The van der Waals surface area contributed by atoms with E-state index < -0.39 is 0 Å². The van der Waals surface area contributed by atoms with Crippen LogP contribution in [0.2, 0.25) is 0 Å². The van der Waals surface area contributed by atoms with Gasteiger partial charge in [-0.15, -0.1) is 0 Å². The van der Waals surface area contributed by atoms with Gasteiger partial charge in [-0.2, -0.15) is 11.8 Å². The summed E-state index contributed by atoms with van der Waals surface area (Å²) >= 11 is 1.99. The van der Waals surface area contributed by atoms with E-state index in [0.717, 1.165) is 5.25 Å². The Balaban J connectivity index is 3.02. The summed E-state index contributed by atoms with van der Waals surface area (Å²) < 4.78 is 0. The number of hydrogen-bond donors (Lipinski definition) is 0. The first-order valence-corrected chi connectivity index (χ1v) is 5.08. The van der Waals surface area contributed by atoms with E-state index in [2.05, 4.69) is 32.9 Å². The van der Waals surface area contributed by atoms with Crippen molar-refractivity contribution >= 4 is 11.8 Å². The fourth-order valence-electron chi connectivity index (χ4n) is 0.601. The second-order valence-electron chi connectivity index (χ2n) is 2.64. The average molecular weight is 158 g/mol. The van der Waals surface area contributed by atoms with Gasteiger partial charge in [-0.3, -0.25) is 0 Å². The average Bonchev–Trinajstić information content (AvgIpc) is 1.87. The molecule has 0 unspecified atom stereocenters. The summed E-state index contributed by atoms with van der Waals surface area (Å²) in [6, 6.07) is 0. The summed E-state index contributed by atoms with van der Waals surface area (Å²) in [4.78, 5) is 0. The Kier molecular flexibility index (Phi) is 7.26. The maximum atomic E-state index is 2.27. The molecule has 0 amide bonds. The molecule has 1 heteroatoms. The van der Waals surface area contributed by atoms with Crippen LogP contribution in [-0.2, 0) is 0 Å². The van der Waals surface area contributed by atoms with Gasteiger partial charge < -0.3 is 0 Å². The minimum atomic E-state index is 0.770. The molecule has 0 aliphatic rings. The van der Waals surface area contributed by atoms with Gasteiger partial charge in [0.1, 0.15) is 0 Å². The lowest BCUT2D eigenvalue weighted by atomic mass is 10.3. The van der Waals surface area contributed by atoms with Crippen molar-refractivity contribution < 1.29 is 0 Å². The van der Waals surface area contributed by atoms with E-state index in [1.54, 1.807) is 0 Å².